The highest BCUT2D eigenvalue weighted by molar-refractivity contribution is 4.70. The van der Waals surface area contributed by atoms with Gasteiger partial charge in [0.25, 0.3) is 0 Å². The Hall–Kier alpha value is -0.240. The summed E-state index contributed by atoms with van der Waals surface area (Å²) in [6, 6.07) is 0. The second kappa shape index (κ2) is 5.42. The zero-order valence-electron chi connectivity index (χ0n) is 7.22. The Kier molecular flexibility index (Phi) is 5.30. The molecule has 0 amide bonds. The molecule has 6 nitrogen and oxygen atoms in total. The summed E-state index contributed by atoms with van der Waals surface area (Å²) in [7, 11) is 2.97. The van der Waals surface area contributed by atoms with Crippen LogP contribution in [0, 0.1) is 0 Å². The molecule has 0 unspecified atom stereocenters. The summed E-state index contributed by atoms with van der Waals surface area (Å²) in [5.74, 6) is 0. The Balaban J connectivity index is 3.68. The van der Waals surface area contributed by atoms with Crippen LogP contribution in [0.25, 0.3) is 10.9 Å². The Morgan fingerprint density at radius 2 is 1.73 bits per heavy atom. The first-order valence-electron chi connectivity index (χ1n) is 3.27. The number of nitrogens with zero attached hydrogens (tertiary/aromatic N) is 4. The van der Waals surface area contributed by atoms with Gasteiger partial charge in [-0.05, 0) is 19.2 Å². The molecule has 0 aliphatic rings. The van der Waals surface area contributed by atoms with Gasteiger partial charge in [-0.15, -0.1) is 0 Å². The maximum absolute atomic E-state index is 9.03. The molecule has 0 radical (unpaired) electrons. The van der Waals surface area contributed by atoms with Crippen LogP contribution < -0.4 is 0 Å². The van der Waals surface area contributed by atoms with E-state index in [1.165, 1.54) is 14.1 Å². The Morgan fingerprint density at radius 1 is 1.27 bits per heavy atom. The minimum absolute atomic E-state index is 0.119. The summed E-state index contributed by atoms with van der Waals surface area (Å²) >= 11 is 0. The van der Waals surface area contributed by atoms with E-state index in [2.05, 4.69) is 10.9 Å². The van der Waals surface area contributed by atoms with Gasteiger partial charge in [-0.1, -0.05) is 0 Å². The number of hydrogen-bond donors (Lipinski definition) is 1. The van der Waals surface area contributed by atoms with Crippen molar-refractivity contribution in [2.45, 2.75) is 20.0 Å². The maximum atomic E-state index is 9.03. The van der Waals surface area contributed by atoms with Crippen molar-refractivity contribution in [1.82, 2.24) is 10.6 Å². The molecule has 1 N–H and O–H groups in total. The van der Waals surface area contributed by atoms with Gasteiger partial charge in [0.2, 0.25) is 0 Å². The minimum Gasteiger partial charge on any atom is -0.598 e. The van der Waals surface area contributed by atoms with Crippen molar-refractivity contribution >= 4 is 0 Å². The van der Waals surface area contributed by atoms with Gasteiger partial charge in [0.1, 0.15) is 0 Å². The molecular weight excluding hydrogens is 148 g/mol. The quantitative estimate of drug-likeness (QED) is 0.614. The molecule has 68 valence electrons. The van der Waals surface area contributed by atoms with Crippen LogP contribution >= 0.6 is 0 Å². The molecule has 6 heteroatoms. The van der Waals surface area contributed by atoms with E-state index in [1.807, 2.05) is 0 Å². The summed E-state index contributed by atoms with van der Waals surface area (Å²) in [6.07, 6.45) is -0.119. The second-order valence-electron chi connectivity index (χ2n) is 2.08. The van der Waals surface area contributed by atoms with Gasteiger partial charge in [0, 0.05) is 0 Å². The highest BCUT2D eigenvalue weighted by atomic mass is 16.9. The van der Waals surface area contributed by atoms with Gasteiger partial charge < -0.3 is 16.1 Å². The predicted molar refractivity (Wildman–Crippen MR) is 40.3 cm³/mol. The zero-order valence-corrected chi connectivity index (χ0v) is 7.22. The average Bonchev–Trinajstić information content (AvgIpc) is 1.88. The molecule has 0 aromatic carbocycles. The molecule has 0 rings (SSSR count). The summed E-state index contributed by atoms with van der Waals surface area (Å²) in [4.78, 5) is 4.82. The van der Waals surface area contributed by atoms with Gasteiger partial charge in [-0.25, -0.2) is 0 Å². The molecule has 0 aromatic heterocycles. The summed E-state index contributed by atoms with van der Waals surface area (Å²) < 4.78 is 0. The second-order valence-corrected chi connectivity index (χ2v) is 2.08. The maximum Gasteiger partial charge on any atom is 0.0777 e. The van der Waals surface area contributed by atoms with Crippen molar-refractivity contribution in [3.63, 3.8) is 0 Å². The van der Waals surface area contributed by atoms with Crippen LogP contribution in [0.2, 0.25) is 0 Å². The number of hydrogen-bond acceptors (Lipinski definition) is 4. The van der Waals surface area contributed by atoms with E-state index in [0.717, 1.165) is 5.23 Å². The van der Waals surface area contributed by atoms with E-state index >= 15 is 0 Å². The fourth-order valence-electron chi connectivity index (χ4n) is 0.473. The molecular formula is C5H14N4O2-2. The van der Waals surface area contributed by atoms with Crippen molar-refractivity contribution in [2.75, 3.05) is 14.1 Å². The average molecular weight is 162 g/mol. The predicted octanol–water partition coefficient (Wildman–Crippen LogP) is 1.07. The van der Waals surface area contributed by atoms with Gasteiger partial charge >= 0.3 is 0 Å². The molecule has 0 spiro atoms. The van der Waals surface area contributed by atoms with E-state index in [0.29, 0.717) is 5.34 Å². The van der Waals surface area contributed by atoms with Crippen LogP contribution in [-0.2, 0) is 4.84 Å². The SMILES string of the molecule is C[N-]N([N-]C)N(O)OC(C)C. The Bertz CT molecular complexity index is 96.5. The van der Waals surface area contributed by atoms with Crippen LogP contribution in [0.5, 0.6) is 0 Å². The fourth-order valence-corrected chi connectivity index (χ4v) is 0.473. The molecule has 0 aliphatic carbocycles. The lowest BCUT2D eigenvalue weighted by Gasteiger charge is -2.48. The van der Waals surface area contributed by atoms with Crippen molar-refractivity contribution in [3.05, 3.63) is 10.9 Å². The monoisotopic (exact) mass is 162 g/mol. The molecule has 0 aromatic rings. The third-order valence-electron chi connectivity index (χ3n) is 0.816. The van der Waals surface area contributed by atoms with Gasteiger partial charge in [-0.3, -0.25) is 10.0 Å². The summed E-state index contributed by atoms with van der Waals surface area (Å²) in [6.45, 7) is 3.57. The summed E-state index contributed by atoms with van der Waals surface area (Å²) in [5.41, 5.74) is 7.15. The molecule has 0 fully saturated rings. The topological polar surface area (TPSA) is 64.1 Å². The van der Waals surface area contributed by atoms with Gasteiger partial charge in [0.15, 0.2) is 0 Å². The van der Waals surface area contributed by atoms with Crippen LogP contribution in [0.15, 0.2) is 0 Å². The van der Waals surface area contributed by atoms with Gasteiger partial charge in [-0.2, -0.15) is 14.1 Å². The molecule has 0 saturated heterocycles. The van der Waals surface area contributed by atoms with Crippen LogP contribution in [-0.4, -0.2) is 36.0 Å². The highest BCUT2D eigenvalue weighted by Crippen LogP contribution is 2.06. The first kappa shape index (κ1) is 10.8. The van der Waals surface area contributed by atoms with Crippen molar-refractivity contribution in [3.8, 4) is 0 Å². The standard InChI is InChI=1S/C5H14N4O2/c1-5(2)11-9(10)8(6-3)7-4/h5,10H,1-4H3/q-2. The first-order valence-corrected chi connectivity index (χ1v) is 3.27. The molecule has 0 bridgehead atoms. The lowest BCUT2D eigenvalue weighted by Crippen LogP contribution is -2.35. The third-order valence-corrected chi connectivity index (χ3v) is 0.816. The van der Waals surface area contributed by atoms with Crippen molar-refractivity contribution in [2.24, 2.45) is 0 Å². The zero-order chi connectivity index (χ0) is 8.85. The molecule has 0 saturated carbocycles. The van der Waals surface area contributed by atoms with E-state index < -0.39 is 0 Å². The fraction of sp³-hybridized carbons (Fsp3) is 1.00. The van der Waals surface area contributed by atoms with Gasteiger partial charge in [0.05, 0.1) is 6.10 Å². The molecule has 0 atom stereocenters. The first-order chi connectivity index (χ1) is 5.11. The molecule has 11 heavy (non-hydrogen) atoms. The van der Waals surface area contributed by atoms with E-state index in [-0.39, 0.29) is 6.10 Å². The van der Waals surface area contributed by atoms with Crippen molar-refractivity contribution in [1.29, 1.82) is 0 Å². The van der Waals surface area contributed by atoms with Crippen LogP contribution in [0.3, 0.4) is 0 Å². The molecule has 0 aliphatic heterocycles. The van der Waals surface area contributed by atoms with E-state index in [9.17, 15) is 0 Å². The summed E-state index contributed by atoms with van der Waals surface area (Å²) in [5, 5.41) is 10.4. The minimum atomic E-state index is -0.119. The smallest absolute Gasteiger partial charge is 0.0777 e. The highest BCUT2D eigenvalue weighted by Gasteiger charge is 1.99. The molecule has 0 heterocycles. The number of rotatable bonds is 5. The lowest BCUT2D eigenvalue weighted by molar-refractivity contribution is -0.435. The Morgan fingerprint density at radius 3 is 2.00 bits per heavy atom. The lowest BCUT2D eigenvalue weighted by atomic mass is 10.5. The van der Waals surface area contributed by atoms with E-state index in [1.54, 1.807) is 13.8 Å². The number of hydrazine groups is 1. The Labute approximate surface area is 66.5 Å². The van der Waals surface area contributed by atoms with Crippen LogP contribution in [0.1, 0.15) is 13.8 Å². The van der Waals surface area contributed by atoms with Crippen molar-refractivity contribution < 1.29 is 10.0 Å². The van der Waals surface area contributed by atoms with E-state index in [4.69, 9.17) is 10.0 Å². The third kappa shape index (κ3) is 4.25. The largest absolute Gasteiger partial charge is 0.598 e. The normalized spacial score (nSPS) is 12.0. The van der Waals surface area contributed by atoms with Crippen LogP contribution in [0.4, 0.5) is 0 Å².